The van der Waals surface area contributed by atoms with E-state index in [0.29, 0.717) is 12.0 Å². The number of hydrogen-bond acceptors (Lipinski definition) is 3. The van der Waals surface area contributed by atoms with Crippen LogP contribution >= 0.6 is 35.7 Å². The zero-order chi connectivity index (χ0) is 17.0. The maximum atomic E-state index is 13.5. The molecule has 0 radical (unpaired) electrons. The van der Waals surface area contributed by atoms with Crippen molar-refractivity contribution >= 4 is 41.7 Å². The number of thioether (sulfide) groups is 1. The summed E-state index contributed by atoms with van der Waals surface area (Å²) in [6, 6.07) is 4.96. The Morgan fingerprint density at radius 2 is 2.12 bits per heavy atom. The number of hydrogen-bond donors (Lipinski definition) is 1. The summed E-state index contributed by atoms with van der Waals surface area (Å²) in [5, 5.41) is 3.42. The standard InChI is InChI=1S/C18H26FN3OS.HI/c1-20-17(21-12-14-11-15(19)3-4-16(14)24-2)22-8-5-18(13-22)6-9-23-10-7-18;/h3-4,11H,5-10,12-13H2,1-2H3,(H,20,21);1H. The summed E-state index contributed by atoms with van der Waals surface area (Å²) in [6.07, 6.45) is 5.50. The number of nitrogens with one attached hydrogen (secondary N) is 1. The predicted octanol–water partition coefficient (Wildman–Crippen LogP) is 3.74. The zero-order valence-corrected chi connectivity index (χ0v) is 18.0. The molecule has 2 heterocycles. The monoisotopic (exact) mass is 479 g/mol. The normalized spacial score (nSPS) is 19.8. The Hall–Kier alpha value is -0.540. The quantitative estimate of drug-likeness (QED) is 0.310. The van der Waals surface area contributed by atoms with E-state index in [1.807, 2.05) is 19.4 Å². The fraction of sp³-hybridized carbons (Fsp3) is 0.611. The maximum Gasteiger partial charge on any atom is 0.193 e. The minimum Gasteiger partial charge on any atom is -0.381 e. The van der Waals surface area contributed by atoms with Crippen LogP contribution in [-0.4, -0.2) is 50.5 Å². The summed E-state index contributed by atoms with van der Waals surface area (Å²) in [6.45, 7) is 4.40. The zero-order valence-electron chi connectivity index (χ0n) is 14.9. The molecule has 7 heteroatoms. The number of likely N-dealkylation sites (tertiary alicyclic amines) is 1. The van der Waals surface area contributed by atoms with E-state index in [1.54, 1.807) is 17.8 Å². The van der Waals surface area contributed by atoms with Crippen LogP contribution in [0.4, 0.5) is 4.39 Å². The lowest BCUT2D eigenvalue weighted by Gasteiger charge is -2.33. The van der Waals surface area contributed by atoms with Crippen molar-refractivity contribution < 1.29 is 9.13 Å². The van der Waals surface area contributed by atoms with Crippen LogP contribution in [0.5, 0.6) is 0 Å². The first kappa shape index (κ1) is 20.8. The second-order valence-corrected chi connectivity index (χ2v) is 7.49. The number of ether oxygens (including phenoxy) is 1. The molecule has 0 aromatic heterocycles. The van der Waals surface area contributed by atoms with Gasteiger partial charge in [-0.2, -0.15) is 0 Å². The lowest BCUT2D eigenvalue weighted by atomic mass is 9.80. The molecule has 0 unspecified atom stereocenters. The Morgan fingerprint density at radius 3 is 2.80 bits per heavy atom. The van der Waals surface area contributed by atoms with Crippen molar-refractivity contribution in [3.8, 4) is 0 Å². The number of halogens is 2. The van der Waals surface area contributed by atoms with Crippen molar-refractivity contribution in [2.45, 2.75) is 30.7 Å². The molecular weight excluding hydrogens is 452 g/mol. The van der Waals surface area contributed by atoms with Crippen molar-refractivity contribution in [1.29, 1.82) is 0 Å². The van der Waals surface area contributed by atoms with E-state index in [0.717, 1.165) is 55.6 Å². The molecule has 0 atom stereocenters. The molecule has 0 bridgehead atoms. The summed E-state index contributed by atoms with van der Waals surface area (Å²) >= 11 is 1.64. The summed E-state index contributed by atoms with van der Waals surface area (Å²) in [5.74, 6) is 0.719. The van der Waals surface area contributed by atoms with Gasteiger partial charge in [-0.3, -0.25) is 4.99 Å². The Bertz CT molecular complexity index is 608. The van der Waals surface area contributed by atoms with Crippen LogP contribution in [0.2, 0.25) is 0 Å². The highest BCUT2D eigenvalue weighted by atomic mass is 127. The molecule has 2 saturated heterocycles. The summed E-state index contributed by atoms with van der Waals surface area (Å²) in [5.41, 5.74) is 1.36. The number of guanidine groups is 1. The fourth-order valence-corrected chi connectivity index (χ4v) is 4.32. The van der Waals surface area contributed by atoms with Gasteiger partial charge in [0.15, 0.2) is 5.96 Å². The molecule has 1 spiro atoms. The van der Waals surface area contributed by atoms with Gasteiger partial charge in [-0.05, 0) is 54.7 Å². The van der Waals surface area contributed by atoms with Gasteiger partial charge in [0, 0.05) is 44.8 Å². The minimum atomic E-state index is -0.193. The third-order valence-corrected chi connectivity index (χ3v) is 6.02. The summed E-state index contributed by atoms with van der Waals surface area (Å²) < 4.78 is 19.1. The van der Waals surface area contributed by atoms with Gasteiger partial charge in [-0.1, -0.05) is 0 Å². The first-order valence-corrected chi connectivity index (χ1v) is 9.74. The van der Waals surface area contributed by atoms with Crippen LogP contribution in [0, 0.1) is 11.2 Å². The van der Waals surface area contributed by atoms with Gasteiger partial charge >= 0.3 is 0 Å². The van der Waals surface area contributed by atoms with Crippen molar-refractivity contribution in [2.75, 3.05) is 39.6 Å². The van der Waals surface area contributed by atoms with Gasteiger partial charge in [0.05, 0.1) is 0 Å². The fourth-order valence-electron chi connectivity index (χ4n) is 3.72. The maximum absolute atomic E-state index is 13.5. The molecule has 140 valence electrons. The molecule has 1 aromatic carbocycles. The van der Waals surface area contributed by atoms with Gasteiger partial charge in [0.25, 0.3) is 0 Å². The second kappa shape index (κ2) is 9.41. The van der Waals surface area contributed by atoms with E-state index in [2.05, 4.69) is 15.2 Å². The largest absolute Gasteiger partial charge is 0.381 e. The van der Waals surface area contributed by atoms with Crippen molar-refractivity contribution in [1.82, 2.24) is 10.2 Å². The number of nitrogens with zero attached hydrogens (tertiary/aromatic N) is 2. The van der Waals surface area contributed by atoms with E-state index in [4.69, 9.17) is 4.74 Å². The molecule has 4 nitrogen and oxygen atoms in total. The molecule has 0 saturated carbocycles. The highest BCUT2D eigenvalue weighted by Crippen LogP contribution is 2.39. The van der Waals surface area contributed by atoms with Crippen molar-refractivity contribution in [3.63, 3.8) is 0 Å². The van der Waals surface area contributed by atoms with E-state index < -0.39 is 0 Å². The second-order valence-electron chi connectivity index (χ2n) is 6.64. The predicted molar refractivity (Wildman–Crippen MR) is 112 cm³/mol. The smallest absolute Gasteiger partial charge is 0.193 e. The average molecular weight is 479 g/mol. The van der Waals surface area contributed by atoms with Gasteiger partial charge in [-0.15, -0.1) is 35.7 Å². The van der Waals surface area contributed by atoms with Gasteiger partial charge in [0.1, 0.15) is 5.82 Å². The topological polar surface area (TPSA) is 36.9 Å². The van der Waals surface area contributed by atoms with Crippen LogP contribution in [0.3, 0.4) is 0 Å². The van der Waals surface area contributed by atoms with Crippen LogP contribution in [-0.2, 0) is 11.3 Å². The number of rotatable bonds is 3. The van der Waals surface area contributed by atoms with Gasteiger partial charge < -0.3 is 15.0 Å². The van der Waals surface area contributed by atoms with Crippen LogP contribution in [0.15, 0.2) is 28.1 Å². The molecule has 3 rings (SSSR count). The molecular formula is C18H27FIN3OS. The third kappa shape index (κ3) is 5.01. The molecule has 25 heavy (non-hydrogen) atoms. The molecule has 2 aliphatic heterocycles. The van der Waals surface area contributed by atoms with Crippen LogP contribution < -0.4 is 5.32 Å². The molecule has 1 aromatic rings. The minimum absolute atomic E-state index is 0. The summed E-state index contributed by atoms with van der Waals surface area (Å²) in [4.78, 5) is 7.88. The molecule has 1 N–H and O–H groups in total. The van der Waals surface area contributed by atoms with Crippen molar-refractivity contribution in [3.05, 3.63) is 29.6 Å². The molecule has 2 fully saturated rings. The Labute approximate surface area is 171 Å². The van der Waals surface area contributed by atoms with E-state index in [1.165, 1.54) is 12.5 Å². The first-order valence-electron chi connectivity index (χ1n) is 8.51. The molecule has 2 aliphatic rings. The highest BCUT2D eigenvalue weighted by Gasteiger charge is 2.40. The number of aliphatic imine (C=N–C) groups is 1. The van der Waals surface area contributed by atoms with E-state index in [-0.39, 0.29) is 29.8 Å². The average Bonchev–Trinajstić information content (AvgIpc) is 2.99. The van der Waals surface area contributed by atoms with Gasteiger partial charge in [-0.25, -0.2) is 4.39 Å². The molecule has 0 amide bonds. The highest BCUT2D eigenvalue weighted by molar-refractivity contribution is 14.0. The lowest BCUT2D eigenvalue weighted by Crippen LogP contribution is -2.42. The Morgan fingerprint density at radius 1 is 1.36 bits per heavy atom. The van der Waals surface area contributed by atoms with E-state index in [9.17, 15) is 4.39 Å². The lowest BCUT2D eigenvalue weighted by molar-refractivity contribution is 0.0217. The Balaban J connectivity index is 0.00000225. The molecule has 0 aliphatic carbocycles. The van der Waals surface area contributed by atoms with Gasteiger partial charge in [0.2, 0.25) is 0 Å². The SMILES string of the molecule is CN=C(NCc1cc(F)ccc1SC)N1CCC2(CCOCC2)C1.I. The first-order chi connectivity index (χ1) is 11.7. The van der Waals surface area contributed by atoms with Crippen LogP contribution in [0.25, 0.3) is 0 Å². The van der Waals surface area contributed by atoms with E-state index >= 15 is 0 Å². The number of benzene rings is 1. The Kier molecular flexibility index (Phi) is 7.82. The van der Waals surface area contributed by atoms with Crippen molar-refractivity contribution in [2.24, 2.45) is 10.4 Å². The third-order valence-electron chi connectivity index (χ3n) is 5.18. The summed E-state index contributed by atoms with van der Waals surface area (Å²) in [7, 11) is 1.82. The van der Waals surface area contributed by atoms with Crippen LogP contribution in [0.1, 0.15) is 24.8 Å².